The van der Waals surface area contributed by atoms with Crippen molar-refractivity contribution in [1.82, 2.24) is 10.3 Å². The van der Waals surface area contributed by atoms with Crippen LogP contribution in [0, 0.1) is 11.3 Å². The van der Waals surface area contributed by atoms with Gasteiger partial charge in [0.25, 0.3) is 0 Å². The van der Waals surface area contributed by atoms with Crippen molar-refractivity contribution in [3.8, 4) is 6.07 Å². The van der Waals surface area contributed by atoms with Crippen molar-refractivity contribution in [2.75, 3.05) is 6.54 Å². The van der Waals surface area contributed by atoms with Crippen LogP contribution in [0.1, 0.15) is 52.1 Å². The summed E-state index contributed by atoms with van der Waals surface area (Å²) in [5, 5.41) is 22.5. The van der Waals surface area contributed by atoms with E-state index in [1.54, 1.807) is 6.07 Å². The Bertz CT molecular complexity index is 469. The smallest absolute Gasteiger partial charge is 0.108 e. The van der Waals surface area contributed by atoms with E-state index in [1.165, 1.54) is 0 Å². The third-order valence-corrected chi connectivity index (χ3v) is 2.86. The number of aliphatic hydroxyl groups is 1. The van der Waals surface area contributed by atoms with Crippen LogP contribution in [0.4, 0.5) is 0 Å². The average molecular weight is 261 g/mol. The first-order valence-corrected chi connectivity index (χ1v) is 6.47. The van der Waals surface area contributed by atoms with Gasteiger partial charge < -0.3 is 10.4 Å². The van der Waals surface area contributed by atoms with E-state index in [0.717, 1.165) is 0 Å². The predicted octanol–water partition coefficient (Wildman–Crippen LogP) is 2.30. The fourth-order valence-corrected chi connectivity index (χ4v) is 1.55. The number of nitrogens with one attached hydrogen (secondary N) is 1. The molecule has 1 atom stereocenters. The minimum Gasteiger partial charge on any atom is -0.385 e. The molecule has 1 rings (SSSR count). The standard InChI is InChI=1S/C15H23N3O/c1-14(2,3)17-9-12(19)11-7-6-8-13(18-11)15(4,5)10-16/h6-8,12,17,19H,9H2,1-5H3. The molecule has 0 aliphatic heterocycles. The molecule has 0 aliphatic carbocycles. The summed E-state index contributed by atoms with van der Waals surface area (Å²) in [6, 6.07) is 7.65. The first-order chi connectivity index (χ1) is 8.65. The third-order valence-electron chi connectivity index (χ3n) is 2.86. The fraction of sp³-hybridized carbons (Fsp3) is 0.600. The van der Waals surface area contributed by atoms with E-state index in [4.69, 9.17) is 5.26 Å². The van der Waals surface area contributed by atoms with Crippen molar-refractivity contribution in [2.24, 2.45) is 0 Å². The van der Waals surface area contributed by atoms with Crippen LogP contribution >= 0.6 is 0 Å². The summed E-state index contributed by atoms with van der Waals surface area (Å²) in [7, 11) is 0. The number of pyridine rings is 1. The Hall–Kier alpha value is -1.44. The third kappa shape index (κ3) is 4.62. The highest BCUT2D eigenvalue weighted by Gasteiger charge is 2.23. The van der Waals surface area contributed by atoms with E-state index in [2.05, 4.69) is 16.4 Å². The molecular weight excluding hydrogens is 238 g/mol. The molecule has 0 spiro atoms. The van der Waals surface area contributed by atoms with Crippen molar-refractivity contribution >= 4 is 0 Å². The van der Waals surface area contributed by atoms with Crippen LogP contribution in [0.3, 0.4) is 0 Å². The summed E-state index contributed by atoms with van der Waals surface area (Å²) >= 11 is 0. The molecule has 0 amide bonds. The van der Waals surface area contributed by atoms with Gasteiger partial charge in [-0.2, -0.15) is 5.26 Å². The van der Waals surface area contributed by atoms with E-state index in [-0.39, 0.29) is 5.54 Å². The zero-order valence-electron chi connectivity index (χ0n) is 12.4. The Kier molecular flexibility index (Phi) is 4.67. The van der Waals surface area contributed by atoms with Crippen LogP contribution < -0.4 is 5.32 Å². The summed E-state index contributed by atoms with van der Waals surface area (Å²) in [6.07, 6.45) is -0.673. The van der Waals surface area contributed by atoms with Crippen molar-refractivity contribution < 1.29 is 5.11 Å². The number of aromatic nitrogens is 1. The highest BCUT2D eigenvalue weighted by molar-refractivity contribution is 5.25. The molecule has 0 saturated heterocycles. The van der Waals surface area contributed by atoms with Gasteiger partial charge in [0.15, 0.2) is 0 Å². The number of nitriles is 1. The Morgan fingerprint density at radius 3 is 2.47 bits per heavy atom. The van der Waals surface area contributed by atoms with E-state index < -0.39 is 11.5 Å². The zero-order chi connectivity index (χ0) is 14.7. The quantitative estimate of drug-likeness (QED) is 0.872. The minimum absolute atomic E-state index is 0.0511. The molecular formula is C15H23N3O. The van der Waals surface area contributed by atoms with Gasteiger partial charge in [-0.15, -0.1) is 0 Å². The van der Waals surface area contributed by atoms with Crippen LogP contribution in [0.25, 0.3) is 0 Å². The molecule has 0 aromatic carbocycles. The van der Waals surface area contributed by atoms with Crippen molar-refractivity contribution in [2.45, 2.75) is 51.7 Å². The van der Waals surface area contributed by atoms with Crippen LogP contribution in [0.15, 0.2) is 18.2 Å². The molecule has 4 nitrogen and oxygen atoms in total. The normalized spacial score (nSPS) is 13.9. The van der Waals surface area contributed by atoms with Crippen molar-refractivity contribution in [3.63, 3.8) is 0 Å². The molecule has 0 aliphatic rings. The molecule has 2 N–H and O–H groups in total. The summed E-state index contributed by atoms with van der Waals surface area (Å²) in [6.45, 7) is 10.2. The first-order valence-electron chi connectivity index (χ1n) is 6.47. The number of β-amino-alcohol motifs (C(OH)–C–C–N with tert-alkyl or cyclic N) is 1. The second-order valence-electron chi connectivity index (χ2n) is 6.33. The van der Waals surface area contributed by atoms with Gasteiger partial charge in [0.1, 0.15) is 6.10 Å². The number of aliphatic hydroxyl groups excluding tert-OH is 1. The van der Waals surface area contributed by atoms with Gasteiger partial charge in [-0.05, 0) is 46.8 Å². The van der Waals surface area contributed by atoms with Gasteiger partial charge >= 0.3 is 0 Å². The number of rotatable bonds is 4. The maximum Gasteiger partial charge on any atom is 0.108 e. The lowest BCUT2D eigenvalue weighted by Crippen LogP contribution is -2.38. The maximum absolute atomic E-state index is 10.1. The molecule has 1 unspecified atom stereocenters. The zero-order valence-corrected chi connectivity index (χ0v) is 12.4. The lowest BCUT2D eigenvalue weighted by molar-refractivity contribution is 0.158. The summed E-state index contributed by atoms with van der Waals surface area (Å²) in [5.74, 6) is 0. The van der Waals surface area contributed by atoms with Crippen LogP contribution in [-0.2, 0) is 5.41 Å². The van der Waals surface area contributed by atoms with E-state index in [0.29, 0.717) is 17.9 Å². The van der Waals surface area contributed by atoms with Crippen LogP contribution in [0.2, 0.25) is 0 Å². The summed E-state index contributed by atoms with van der Waals surface area (Å²) in [5.41, 5.74) is 0.581. The van der Waals surface area contributed by atoms with Gasteiger partial charge in [-0.1, -0.05) is 6.07 Å². The Labute approximate surface area is 115 Å². The number of nitrogens with zero attached hydrogens (tertiary/aromatic N) is 2. The molecule has 0 radical (unpaired) electrons. The van der Waals surface area contributed by atoms with Crippen LogP contribution in [-0.4, -0.2) is 22.2 Å². The van der Waals surface area contributed by atoms with Crippen LogP contribution in [0.5, 0.6) is 0 Å². The largest absolute Gasteiger partial charge is 0.385 e. The molecule has 4 heteroatoms. The Morgan fingerprint density at radius 2 is 1.95 bits per heavy atom. The van der Waals surface area contributed by atoms with Gasteiger partial charge in [0.2, 0.25) is 0 Å². The molecule has 1 aromatic heterocycles. The highest BCUT2D eigenvalue weighted by atomic mass is 16.3. The molecule has 1 heterocycles. The average Bonchev–Trinajstić information content (AvgIpc) is 2.35. The SMILES string of the molecule is CC(C)(C)NCC(O)c1cccc(C(C)(C)C#N)n1. The van der Waals surface area contributed by atoms with E-state index in [1.807, 2.05) is 46.8 Å². The van der Waals surface area contributed by atoms with Gasteiger partial charge in [-0.3, -0.25) is 4.98 Å². The first kappa shape index (κ1) is 15.6. The number of hydrogen-bond donors (Lipinski definition) is 2. The fourth-order valence-electron chi connectivity index (χ4n) is 1.55. The van der Waals surface area contributed by atoms with Gasteiger partial charge in [0.05, 0.1) is 22.9 Å². The van der Waals surface area contributed by atoms with E-state index >= 15 is 0 Å². The minimum atomic E-state index is -0.673. The molecule has 0 bridgehead atoms. The Balaban J connectivity index is 2.86. The van der Waals surface area contributed by atoms with Crippen molar-refractivity contribution in [3.05, 3.63) is 29.6 Å². The van der Waals surface area contributed by atoms with Gasteiger partial charge in [0, 0.05) is 12.1 Å². The molecule has 104 valence electrons. The molecule has 19 heavy (non-hydrogen) atoms. The topological polar surface area (TPSA) is 68.9 Å². The Morgan fingerprint density at radius 1 is 1.32 bits per heavy atom. The van der Waals surface area contributed by atoms with Crippen molar-refractivity contribution in [1.29, 1.82) is 5.26 Å². The second kappa shape index (κ2) is 5.68. The predicted molar refractivity (Wildman–Crippen MR) is 75.6 cm³/mol. The number of hydrogen-bond acceptors (Lipinski definition) is 4. The molecule has 0 saturated carbocycles. The molecule has 1 aromatic rings. The second-order valence-corrected chi connectivity index (χ2v) is 6.33. The molecule has 0 fully saturated rings. The van der Waals surface area contributed by atoms with Gasteiger partial charge in [-0.25, -0.2) is 0 Å². The highest BCUT2D eigenvalue weighted by Crippen LogP contribution is 2.21. The lowest BCUT2D eigenvalue weighted by atomic mass is 9.90. The lowest BCUT2D eigenvalue weighted by Gasteiger charge is -2.23. The maximum atomic E-state index is 10.1. The van der Waals surface area contributed by atoms with E-state index in [9.17, 15) is 5.11 Å². The monoisotopic (exact) mass is 261 g/mol. The summed E-state index contributed by atoms with van der Waals surface area (Å²) in [4.78, 5) is 4.40. The summed E-state index contributed by atoms with van der Waals surface area (Å²) < 4.78 is 0.